The van der Waals surface area contributed by atoms with E-state index in [0.29, 0.717) is 0 Å². The average Bonchev–Trinajstić information content (AvgIpc) is 2.77. The lowest BCUT2D eigenvalue weighted by molar-refractivity contribution is -0.453. The number of rotatable bonds is 2. The first-order valence-electron chi connectivity index (χ1n) is 5.92. The molecule has 3 nitrogen and oxygen atoms in total. The highest BCUT2D eigenvalue weighted by atomic mass is 16.5. The lowest BCUT2D eigenvalue weighted by Crippen LogP contribution is -2.19. The van der Waals surface area contributed by atoms with Gasteiger partial charge in [-0.2, -0.15) is 0 Å². The first kappa shape index (κ1) is 10.8. The second-order valence-corrected chi connectivity index (χ2v) is 4.33. The molecular weight excluding hydrogens is 224 g/mol. The van der Waals surface area contributed by atoms with Gasteiger partial charge in [-0.05, 0) is 18.2 Å². The van der Waals surface area contributed by atoms with E-state index in [4.69, 9.17) is 10.5 Å². The van der Waals surface area contributed by atoms with E-state index in [1.54, 1.807) is 7.11 Å². The molecule has 0 atom stereocenters. The summed E-state index contributed by atoms with van der Waals surface area (Å²) in [4.78, 5) is 0. The van der Waals surface area contributed by atoms with E-state index in [9.17, 15) is 0 Å². The maximum atomic E-state index is 6.22. The lowest BCUT2D eigenvalue weighted by Gasteiger charge is -2.04. The van der Waals surface area contributed by atoms with Gasteiger partial charge in [0.05, 0.1) is 12.7 Å². The van der Waals surface area contributed by atoms with Crippen LogP contribution in [0.3, 0.4) is 0 Å². The zero-order chi connectivity index (χ0) is 12.5. The molecule has 1 aliphatic rings. The first-order valence-corrected chi connectivity index (χ1v) is 5.92. The minimum Gasteiger partial charge on any atom is -0.497 e. The van der Waals surface area contributed by atoms with Crippen LogP contribution in [0, 0.1) is 0 Å². The molecule has 2 N–H and O–H groups in total. The quantitative estimate of drug-likeness (QED) is 0.816. The van der Waals surface area contributed by atoms with E-state index in [0.717, 1.165) is 29.4 Å². The number of nitrogens with zero attached hydrogens (tertiary/aromatic N) is 1. The molecule has 0 saturated carbocycles. The first-order chi connectivity index (χ1) is 8.79. The van der Waals surface area contributed by atoms with E-state index in [1.165, 1.54) is 5.56 Å². The van der Waals surface area contributed by atoms with Crippen molar-refractivity contribution in [1.82, 2.24) is 0 Å². The van der Waals surface area contributed by atoms with Crippen molar-refractivity contribution in [2.24, 2.45) is 5.73 Å². The molecule has 0 unspecified atom stereocenters. The number of ether oxygens (including phenoxy) is 1. The van der Waals surface area contributed by atoms with Crippen molar-refractivity contribution < 1.29 is 9.31 Å². The van der Waals surface area contributed by atoms with E-state index in [1.807, 2.05) is 36.4 Å². The van der Waals surface area contributed by atoms with Gasteiger partial charge in [0, 0.05) is 11.6 Å². The summed E-state index contributed by atoms with van der Waals surface area (Å²) in [5.41, 5.74) is 9.66. The molecule has 1 aliphatic heterocycles. The predicted molar refractivity (Wildman–Crippen MR) is 71.4 cm³/mol. The molecular formula is C15H15N2O+. The topological polar surface area (TPSA) is 38.3 Å². The Hall–Kier alpha value is -2.29. The summed E-state index contributed by atoms with van der Waals surface area (Å²) in [6.45, 7) is 0.815. The van der Waals surface area contributed by atoms with Crippen LogP contribution in [0.5, 0.6) is 5.75 Å². The highest BCUT2D eigenvalue weighted by Crippen LogP contribution is 2.26. The molecule has 0 fully saturated rings. The number of fused-ring (bicyclic) bond motifs is 1. The zero-order valence-electron chi connectivity index (χ0n) is 10.3. The summed E-state index contributed by atoms with van der Waals surface area (Å²) in [6.07, 6.45) is 0. The van der Waals surface area contributed by atoms with Crippen molar-refractivity contribution in [2.75, 3.05) is 7.11 Å². The summed E-state index contributed by atoms with van der Waals surface area (Å²) in [5, 5.41) is 0. The van der Waals surface area contributed by atoms with Gasteiger partial charge >= 0.3 is 0 Å². The van der Waals surface area contributed by atoms with Crippen molar-refractivity contribution in [3.05, 3.63) is 59.7 Å². The number of hydrogen-bond acceptors (Lipinski definition) is 2. The second kappa shape index (κ2) is 4.18. The van der Waals surface area contributed by atoms with E-state index < -0.39 is 0 Å². The Morgan fingerprint density at radius 3 is 2.72 bits per heavy atom. The van der Waals surface area contributed by atoms with Gasteiger partial charge in [-0.3, -0.25) is 5.73 Å². The molecule has 0 saturated heterocycles. The fourth-order valence-corrected chi connectivity index (χ4v) is 2.32. The Labute approximate surface area is 106 Å². The minimum atomic E-state index is 0.804. The normalized spacial score (nSPS) is 13.6. The van der Waals surface area contributed by atoms with E-state index >= 15 is 0 Å². The van der Waals surface area contributed by atoms with Crippen LogP contribution in [0.1, 0.15) is 11.1 Å². The van der Waals surface area contributed by atoms with Crippen LogP contribution < -0.4 is 10.5 Å². The van der Waals surface area contributed by atoms with Crippen LogP contribution in [-0.4, -0.2) is 17.5 Å². The largest absolute Gasteiger partial charge is 0.497 e. The highest BCUT2D eigenvalue weighted by Gasteiger charge is 2.25. The molecule has 0 aromatic heterocycles. The number of nitrogens with two attached hydrogens (primary N) is 1. The van der Waals surface area contributed by atoms with E-state index in [-0.39, 0.29) is 0 Å². The molecule has 1 heterocycles. The van der Waals surface area contributed by atoms with Crippen molar-refractivity contribution in [2.45, 2.75) is 6.54 Å². The summed E-state index contributed by atoms with van der Waals surface area (Å²) in [6, 6.07) is 16.2. The Bertz CT molecular complexity index is 632. The average molecular weight is 239 g/mol. The van der Waals surface area contributed by atoms with Crippen molar-refractivity contribution >= 4 is 11.5 Å². The highest BCUT2D eigenvalue weighted by molar-refractivity contribution is 5.97. The lowest BCUT2D eigenvalue weighted by atomic mass is 10.1. The molecule has 0 bridgehead atoms. The van der Waals surface area contributed by atoms with Crippen LogP contribution in [-0.2, 0) is 6.54 Å². The minimum absolute atomic E-state index is 0.804. The molecule has 2 aromatic carbocycles. The van der Waals surface area contributed by atoms with Gasteiger partial charge in [-0.25, -0.2) is 4.58 Å². The summed E-state index contributed by atoms with van der Waals surface area (Å²) in [7, 11) is 1.67. The smallest absolute Gasteiger partial charge is 0.280 e. The summed E-state index contributed by atoms with van der Waals surface area (Å²) in [5.74, 6) is 1.65. The Balaban J connectivity index is 2.07. The monoisotopic (exact) mass is 239 g/mol. The molecule has 0 spiro atoms. The van der Waals surface area contributed by atoms with Gasteiger partial charge in [0.1, 0.15) is 18.0 Å². The van der Waals surface area contributed by atoms with Crippen molar-refractivity contribution in [3.8, 4) is 5.75 Å². The van der Waals surface area contributed by atoms with Gasteiger partial charge in [0.25, 0.3) is 5.84 Å². The Kier molecular flexibility index (Phi) is 2.52. The summed E-state index contributed by atoms with van der Waals surface area (Å²) < 4.78 is 7.35. The summed E-state index contributed by atoms with van der Waals surface area (Å²) >= 11 is 0. The standard InChI is InChI=1S/C15H14N2O/c1-18-13-7-4-6-12(9-13)17-10-11-5-2-3-8-14(11)15(17)16/h2-9,16H,10H2,1H3/p+1. The zero-order valence-corrected chi connectivity index (χ0v) is 10.3. The molecule has 0 amide bonds. The third kappa shape index (κ3) is 1.64. The molecule has 2 aromatic rings. The Morgan fingerprint density at radius 2 is 1.94 bits per heavy atom. The fraction of sp³-hybridized carbons (Fsp3) is 0.133. The predicted octanol–water partition coefficient (Wildman–Crippen LogP) is 2.26. The number of benzene rings is 2. The number of methoxy groups -OCH3 is 1. The van der Waals surface area contributed by atoms with Crippen LogP contribution in [0.15, 0.2) is 48.5 Å². The molecule has 0 radical (unpaired) electrons. The SMILES string of the molecule is COc1cccc([N+]2=C(N)c3ccccc3C2)c1. The number of hydrogen-bond donors (Lipinski definition) is 1. The van der Waals surface area contributed by atoms with Gasteiger partial charge in [0.15, 0.2) is 0 Å². The molecule has 90 valence electrons. The number of amidine groups is 1. The molecule has 0 aliphatic carbocycles. The van der Waals surface area contributed by atoms with Crippen LogP contribution >= 0.6 is 0 Å². The van der Waals surface area contributed by atoms with Crippen LogP contribution in [0.2, 0.25) is 0 Å². The maximum absolute atomic E-state index is 6.22. The third-order valence-electron chi connectivity index (χ3n) is 3.28. The Morgan fingerprint density at radius 1 is 1.11 bits per heavy atom. The molecule has 18 heavy (non-hydrogen) atoms. The molecule has 3 rings (SSSR count). The van der Waals surface area contributed by atoms with Crippen LogP contribution in [0.25, 0.3) is 0 Å². The van der Waals surface area contributed by atoms with Crippen LogP contribution in [0.4, 0.5) is 5.69 Å². The second-order valence-electron chi connectivity index (χ2n) is 4.33. The fourth-order valence-electron chi connectivity index (χ4n) is 2.32. The van der Waals surface area contributed by atoms with Crippen molar-refractivity contribution in [1.29, 1.82) is 0 Å². The van der Waals surface area contributed by atoms with Gasteiger partial charge in [-0.1, -0.05) is 24.3 Å². The van der Waals surface area contributed by atoms with Crippen molar-refractivity contribution in [3.63, 3.8) is 0 Å². The third-order valence-corrected chi connectivity index (χ3v) is 3.28. The van der Waals surface area contributed by atoms with Gasteiger partial charge in [-0.15, -0.1) is 0 Å². The van der Waals surface area contributed by atoms with Gasteiger partial charge in [0.2, 0.25) is 0 Å². The van der Waals surface area contributed by atoms with E-state index in [2.05, 4.69) is 16.7 Å². The molecule has 3 heteroatoms. The maximum Gasteiger partial charge on any atom is 0.280 e. The van der Waals surface area contributed by atoms with Gasteiger partial charge < -0.3 is 4.74 Å².